The van der Waals surface area contributed by atoms with Crippen molar-refractivity contribution in [1.29, 1.82) is 0 Å². The number of piperazine rings is 1. The number of sulfone groups is 1. The molecule has 1 saturated carbocycles. The van der Waals surface area contributed by atoms with Gasteiger partial charge in [0.25, 0.3) is 0 Å². The molecular formula is C33H33F4N5O4S. The molecule has 4 fully saturated rings. The Bertz CT molecular complexity index is 2020. The topological polar surface area (TPSA) is 108 Å². The van der Waals surface area contributed by atoms with E-state index in [1.807, 2.05) is 4.90 Å². The molecule has 1 aliphatic carbocycles. The Balaban J connectivity index is 1.20. The lowest BCUT2D eigenvalue weighted by Crippen LogP contribution is -2.51. The standard InChI is InChI=1S/C33H33F4N5O4S/c34-24-4-1-18-11-21(43)12-22(26(18)28(24)36)27-25(35)13-23-30(29(27)37)39-32(40-31(23)42-14-19-2-3-20(15-42)38-19)46-17-33(5-6-33)16-41-7-9-47(44,45)10-8-41/h1,4,11-13,19-20,38,43H,2-3,5-10,14-17H2. The van der Waals surface area contributed by atoms with Crippen LogP contribution in [0.15, 0.2) is 30.3 Å². The number of aromatic nitrogens is 2. The predicted molar refractivity (Wildman–Crippen MR) is 168 cm³/mol. The van der Waals surface area contributed by atoms with Crippen LogP contribution in [0.25, 0.3) is 32.8 Å². The second kappa shape index (κ2) is 11.2. The molecule has 2 atom stereocenters. The van der Waals surface area contributed by atoms with Crippen LogP contribution in [0.1, 0.15) is 25.7 Å². The van der Waals surface area contributed by atoms with Gasteiger partial charge in [0.2, 0.25) is 0 Å². The van der Waals surface area contributed by atoms with Crippen molar-refractivity contribution in [2.75, 3.05) is 55.7 Å². The second-order valence-electron chi connectivity index (χ2n) is 13.5. The fourth-order valence-corrected chi connectivity index (χ4v) is 8.66. The van der Waals surface area contributed by atoms with Crippen LogP contribution in [0.4, 0.5) is 23.4 Å². The Morgan fingerprint density at radius 2 is 1.68 bits per heavy atom. The summed E-state index contributed by atoms with van der Waals surface area (Å²) in [6.07, 6.45) is 3.67. The number of nitrogens with zero attached hydrogens (tertiary/aromatic N) is 4. The van der Waals surface area contributed by atoms with Gasteiger partial charge in [0.05, 0.1) is 23.7 Å². The summed E-state index contributed by atoms with van der Waals surface area (Å²) >= 11 is 0. The Hall–Kier alpha value is -3.75. The van der Waals surface area contributed by atoms with E-state index >= 15 is 13.2 Å². The average Bonchev–Trinajstić information content (AvgIpc) is 3.72. The normalized spacial score (nSPS) is 23.4. The summed E-state index contributed by atoms with van der Waals surface area (Å²) in [6, 6.07) is 5.71. The predicted octanol–water partition coefficient (Wildman–Crippen LogP) is 4.54. The number of phenolic OH excluding ortho intramolecular Hbond substituents is 1. The van der Waals surface area contributed by atoms with Gasteiger partial charge in [-0.05, 0) is 55.3 Å². The Morgan fingerprint density at radius 3 is 2.38 bits per heavy atom. The third-order valence-corrected chi connectivity index (χ3v) is 11.7. The lowest BCUT2D eigenvalue weighted by Gasteiger charge is -2.34. The molecule has 4 heterocycles. The smallest absolute Gasteiger partial charge is 0.319 e. The first kappa shape index (κ1) is 30.6. The van der Waals surface area contributed by atoms with Crippen molar-refractivity contribution < 1.29 is 35.8 Å². The number of phenols is 1. The highest BCUT2D eigenvalue weighted by molar-refractivity contribution is 7.91. The summed E-state index contributed by atoms with van der Waals surface area (Å²) < 4.78 is 92.2. The van der Waals surface area contributed by atoms with Crippen LogP contribution in [0.3, 0.4) is 0 Å². The van der Waals surface area contributed by atoms with Crippen LogP contribution < -0.4 is 15.0 Å². The molecule has 2 bridgehead atoms. The summed E-state index contributed by atoms with van der Waals surface area (Å²) in [5, 5.41) is 13.7. The van der Waals surface area contributed by atoms with Gasteiger partial charge in [0.15, 0.2) is 27.3 Å². The van der Waals surface area contributed by atoms with Crippen molar-refractivity contribution in [2.45, 2.75) is 37.8 Å². The number of rotatable bonds is 7. The van der Waals surface area contributed by atoms with E-state index in [1.54, 1.807) is 0 Å². The maximum absolute atomic E-state index is 16.7. The summed E-state index contributed by atoms with van der Waals surface area (Å²) in [5.74, 6) is -4.45. The summed E-state index contributed by atoms with van der Waals surface area (Å²) in [6.45, 7) is 2.93. The van der Waals surface area contributed by atoms with Crippen LogP contribution in [-0.2, 0) is 9.84 Å². The molecular weight excluding hydrogens is 638 g/mol. The fraction of sp³-hybridized carbons (Fsp3) is 0.455. The SMILES string of the molecule is O=S1(=O)CCN(CC2(COc3nc(N4CC5CCC(C4)N5)c4cc(F)c(-c5cc(O)cc6ccc(F)c(F)c56)c(F)c4n3)CC2)CC1. The van der Waals surface area contributed by atoms with E-state index in [1.165, 1.54) is 12.1 Å². The molecule has 3 aliphatic heterocycles. The average molecular weight is 672 g/mol. The number of nitrogens with one attached hydrogen (secondary N) is 1. The molecule has 9 nitrogen and oxygen atoms in total. The number of anilines is 1. The molecule has 14 heteroatoms. The highest BCUT2D eigenvalue weighted by Crippen LogP contribution is 2.47. The molecule has 248 valence electrons. The quantitative estimate of drug-likeness (QED) is 0.274. The molecule has 2 unspecified atom stereocenters. The number of hydrogen-bond donors (Lipinski definition) is 2. The van der Waals surface area contributed by atoms with Crippen molar-refractivity contribution in [3.63, 3.8) is 0 Å². The van der Waals surface area contributed by atoms with Crippen molar-refractivity contribution in [1.82, 2.24) is 20.2 Å². The van der Waals surface area contributed by atoms with Gasteiger partial charge < -0.3 is 25.0 Å². The molecule has 0 radical (unpaired) electrons. The molecule has 2 N–H and O–H groups in total. The zero-order valence-corrected chi connectivity index (χ0v) is 26.2. The van der Waals surface area contributed by atoms with E-state index in [9.17, 15) is 17.9 Å². The first-order valence-corrected chi connectivity index (χ1v) is 17.7. The maximum Gasteiger partial charge on any atom is 0.319 e. The monoisotopic (exact) mass is 671 g/mol. The molecule has 3 aromatic carbocycles. The first-order valence-electron chi connectivity index (χ1n) is 15.8. The largest absolute Gasteiger partial charge is 0.508 e. The molecule has 0 spiro atoms. The van der Waals surface area contributed by atoms with Crippen LogP contribution in [0, 0.1) is 28.7 Å². The van der Waals surface area contributed by atoms with Crippen molar-refractivity contribution in [2.24, 2.45) is 5.41 Å². The lowest BCUT2D eigenvalue weighted by molar-refractivity contribution is 0.160. The van der Waals surface area contributed by atoms with Gasteiger partial charge in [0, 0.05) is 66.6 Å². The highest BCUT2D eigenvalue weighted by Gasteiger charge is 2.46. The van der Waals surface area contributed by atoms with Gasteiger partial charge in [0.1, 0.15) is 22.9 Å². The van der Waals surface area contributed by atoms with Gasteiger partial charge in [-0.2, -0.15) is 9.97 Å². The minimum Gasteiger partial charge on any atom is -0.508 e. The third kappa shape index (κ3) is 5.63. The highest BCUT2D eigenvalue weighted by atomic mass is 32.2. The van der Waals surface area contributed by atoms with Crippen LogP contribution in [0.5, 0.6) is 11.8 Å². The van der Waals surface area contributed by atoms with E-state index in [2.05, 4.69) is 20.2 Å². The molecule has 47 heavy (non-hydrogen) atoms. The van der Waals surface area contributed by atoms with Gasteiger partial charge in [-0.15, -0.1) is 0 Å². The second-order valence-corrected chi connectivity index (χ2v) is 15.8. The van der Waals surface area contributed by atoms with E-state index in [0.29, 0.717) is 38.5 Å². The Labute approximate surface area is 268 Å². The third-order valence-electron chi connectivity index (χ3n) is 10.1. The number of ether oxygens (including phenoxy) is 1. The number of halogens is 4. The molecule has 8 rings (SSSR count). The van der Waals surface area contributed by atoms with E-state index < -0.39 is 38.7 Å². The number of hydrogen-bond acceptors (Lipinski definition) is 9. The van der Waals surface area contributed by atoms with Crippen LogP contribution >= 0.6 is 0 Å². The summed E-state index contributed by atoms with van der Waals surface area (Å²) in [7, 11) is -3.01. The van der Waals surface area contributed by atoms with E-state index in [0.717, 1.165) is 43.9 Å². The summed E-state index contributed by atoms with van der Waals surface area (Å²) in [4.78, 5) is 13.2. The van der Waals surface area contributed by atoms with Crippen LogP contribution in [0.2, 0.25) is 0 Å². The first-order chi connectivity index (χ1) is 22.5. The van der Waals surface area contributed by atoms with Crippen molar-refractivity contribution in [3.05, 3.63) is 53.6 Å². The maximum atomic E-state index is 16.7. The summed E-state index contributed by atoms with van der Waals surface area (Å²) in [5.41, 5.74) is -1.47. The molecule has 4 aromatic rings. The Morgan fingerprint density at radius 1 is 0.957 bits per heavy atom. The minimum absolute atomic E-state index is 0.0718. The van der Waals surface area contributed by atoms with Gasteiger partial charge in [-0.3, -0.25) is 0 Å². The lowest BCUT2D eigenvalue weighted by atomic mass is 9.95. The Kier molecular flexibility index (Phi) is 7.26. The molecule has 4 aliphatic rings. The van der Waals surface area contributed by atoms with Gasteiger partial charge >= 0.3 is 6.01 Å². The zero-order chi connectivity index (χ0) is 32.7. The zero-order valence-electron chi connectivity index (χ0n) is 25.4. The van der Waals surface area contributed by atoms with Gasteiger partial charge in [-0.25, -0.2) is 26.0 Å². The van der Waals surface area contributed by atoms with Gasteiger partial charge in [-0.1, -0.05) is 6.07 Å². The van der Waals surface area contributed by atoms with Crippen molar-refractivity contribution >= 4 is 37.3 Å². The van der Waals surface area contributed by atoms with E-state index in [4.69, 9.17) is 4.74 Å². The van der Waals surface area contributed by atoms with Crippen molar-refractivity contribution in [3.8, 4) is 22.9 Å². The minimum atomic E-state index is -3.01. The molecule has 3 saturated heterocycles. The number of fused-ring (bicyclic) bond motifs is 4. The molecule has 0 amide bonds. The van der Waals surface area contributed by atoms with Crippen LogP contribution in [-0.4, -0.2) is 91.3 Å². The molecule has 1 aromatic heterocycles. The number of aromatic hydroxyl groups is 1. The van der Waals surface area contributed by atoms with E-state index in [-0.39, 0.29) is 74.6 Å². The number of benzene rings is 3. The fourth-order valence-electron chi connectivity index (χ4n) is 7.39.